The molecule has 9 heterocycles. The second kappa shape index (κ2) is 35.7. The molecule has 0 aliphatic carbocycles. The predicted molar refractivity (Wildman–Crippen MR) is 432 cm³/mol. The molecule has 12 rings (SSSR count). The molecule has 9 aromatic rings. The van der Waals surface area contributed by atoms with Crippen LogP contribution in [0.2, 0.25) is 0 Å². The summed E-state index contributed by atoms with van der Waals surface area (Å²) in [5.41, 5.74) is 12.3. The number of benzene rings is 3. The van der Waals surface area contributed by atoms with E-state index in [1.54, 1.807) is 47.4 Å². The Hall–Kier alpha value is -9.78. The Balaban J connectivity index is 0.000000180. The molecule has 113 heavy (non-hydrogen) atoms. The Morgan fingerprint density at radius 3 is 1.07 bits per heavy atom. The minimum Gasteiger partial charge on any atom is -0.443 e. The molecule has 3 saturated heterocycles. The van der Waals surface area contributed by atoms with Crippen molar-refractivity contribution >= 4 is 35.1 Å². The van der Waals surface area contributed by atoms with Gasteiger partial charge in [0.2, 0.25) is 17.7 Å². The molecule has 11 atom stereocenters. The predicted octanol–water partition coefficient (Wildman–Crippen LogP) is 14.6. The maximum absolute atomic E-state index is 13.8. The number of rotatable bonds is 24. The van der Waals surface area contributed by atoms with Crippen molar-refractivity contribution < 1.29 is 57.4 Å². The SMILES string of the molecule is Cc1ncoc1-c1ccc(C(C)CC(=O)C2CC(O)CN2C(=O)C(C(C)C)n2cc(C(C)(C)C)cn2)cc1.Cc1ncoc1-c1ccc(CCC(=O)C2CC(O)CN2C(=O)C(C(C)C)n2cc(C(C)(C)C)cn2)cc1.Cc1nocc1-c1ccc(C(C)CC(=O)C2CC(O)CN2C(=O)C(C(C)C)n2cc(C(C)(C)C)cn2)cc1. The molecule has 0 bridgehead atoms. The first kappa shape index (κ1) is 85.6. The van der Waals surface area contributed by atoms with Crippen LogP contribution in [0.4, 0.5) is 0 Å². The van der Waals surface area contributed by atoms with Crippen LogP contribution >= 0.6 is 0 Å². The number of amides is 3. The first-order valence-corrected chi connectivity index (χ1v) is 39.9. The molecule has 606 valence electrons. The van der Waals surface area contributed by atoms with E-state index in [4.69, 9.17) is 13.4 Å². The molecule has 3 amide bonds. The summed E-state index contributed by atoms with van der Waals surface area (Å²) in [5.74, 6) is 0.722. The van der Waals surface area contributed by atoms with E-state index in [0.717, 1.165) is 84.2 Å². The lowest BCUT2D eigenvalue weighted by Crippen LogP contribution is -2.45. The van der Waals surface area contributed by atoms with Crippen molar-refractivity contribution in [3.63, 3.8) is 0 Å². The van der Waals surface area contributed by atoms with E-state index in [-0.39, 0.29) is 133 Å². The van der Waals surface area contributed by atoms with Crippen LogP contribution in [0.15, 0.2) is 142 Å². The summed E-state index contributed by atoms with van der Waals surface area (Å²) in [6, 6.07) is 20.4. The van der Waals surface area contributed by atoms with Crippen LogP contribution in [0.1, 0.15) is 237 Å². The Morgan fingerprint density at radius 2 is 0.779 bits per heavy atom. The van der Waals surface area contributed by atoms with Gasteiger partial charge in [0.1, 0.15) is 24.4 Å². The van der Waals surface area contributed by atoms with Gasteiger partial charge in [-0.05, 0) is 112 Å². The van der Waals surface area contributed by atoms with E-state index < -0.39 is 54.6 Å². The minimum atomic E-state index is -0.719. The molecule has 0 radical (unpaired) electrons. The van der Waals surface area contributed by atoms with Gasteiger partial charge in [0.15, 0.2) is 41.7 Å². The molecule has 6 aromatic heterocycles. The van der Waals surface area contributed by atoms with E-state index in [9.17, 15) is 44.1 Å². The van der Waals surface area contributed by atoms with Crippen LogP contribution in [0, 0.1) is 38.5 Å². The largest absolute Gasteiger partial charge is 0.443 e. The Labute approximate surface area is 665 Å². The zero-order valence-electron chi connectivity index (χ0n) is 69.7. The number of ketones is 3. The number of carbonyl (C=O) groups excluding carboxylic acids is 6. The van der Waals surface area contributed by atoms with Gasteiger partial charge in [-0.15, -0.1) is 0 Å². The van der Waals surface area contributed by atoms with Gasteiger partial charge in [0, 0.05) is 93.4 Å². The molecule has 0 saturated carbocycles. The van der Waals surface area contributed by atoms with E-state index in [1.807, 2.05) is 174 Å². The average Bonchev–Trinajstić information content (AvgIpc) is 1.66. The fourth-order valence-corrected chi connectivity index (χ4v) is 15.4. The summed E-state index contributed by atoms with van der Waals surface area (Å²) < 4.78 is 21.1. The highest BCUT2D eigenvalue weighted by atomic mass is 16.5. The van der Waals surface area contributed by atoms with Crippen LogP contribution in [-0.4, -0.2) is 166 Å². The van der Waals surface area contributed by atoms with E-state index >= 15 is 0 Å². The molecule has 3 aliphatic heterocycles. The van der Waals surface area contributed by atoms with E-state index in [1.165, 1.54) is 12.8 Å². The second-order valence-corrected chi connectivity index (χ2v) is 35.5. The third-order valence-electron chi connectivity index (χ3n) is 22.4. The lowest BCUT2D eigenvalue weighted by Gasteiger charge is -2.30. The van der Waals surface area contributed by atoms with Crippen molar-refractivity contribution in [2.45, 2.75) is 266 Å². The maximum Gasteiger partial charge on any atom is 0.248 e. The molecule has 24 heteroatoms. The van der Waals surface area contributed by atoms with Crippen LogP contribution in [-0.2, 0) is 51.4 Å². The van der Waals surface area contributed by atoms with Crippen LogP contribution in [0.3, 0.4) is 0 Å². The van der Waals surface area contributed by atoms with Crippen LogP contribution in [0.5, 0.6) is 0 Å². The van der Waals surface area contributed by atoms with Gasteiger partial charge in [0.05, 0.1) is 72.1 Å². The molecule has 11 unspecified atom stereocenters. The highest BCUT2D eigenvalue weighted by Gasteiger charge is 2.46. The van der Waals surface area contributed by atoms with Gasteiger partial charge in [-0.3, -0.25) is 42.8 Å². The van der Waals surface area contributed by atoms with Crippen molar-refractivity contribution in [3.05, 3.63) is 179 Å². The topological polar surface area (TPSA) is 304 Å². The highest BCUT2D eigenvalue weighted by Crippen LogP contribution is 2.37. The molecule has 3 N–H and O–H groups in total. The van der Waals surface area contributed by atoms with Crippen molar-refractivity contribution in [2.75, 3.05) is 19.6 Å². The quantitative estimate of drug-likeness (QED) is 0.0506. The Bertz CT molecular complexity index is 4510. The summed E-state index contributed by atoms with van der Waals surface area (Å²) in [7, 11) is 0. The molecular weight excluding hydrogens is 1430 g/mol. The number of hydrogen-bond acceptors (Lipinski definition) is 18. The van der Waals surface area contributed by atoms with Crippen molar-refractivity contribution in [3.8, 4) is 33.8 Å². The molecular formula is C89H118N12O12. The van der Waals surface area contributed by atoms with Crippen LogP contribution < -0.4 is 0 Å². The van der Waals surface area contributed by atoms with Gasteiger partial charge < -0.3 is 43.4 Å². The zero-order valence-corrected chi connectivity index (χ0v) is 69.7. The number of Topliss-reactive ketones (excluding diaryl/α,β-unsaturated/α-hetero) is 3. The lowest BCUT2D eigenvalue weighted by atomic mass is 9.90. The number of nitrogens with zero attached hydrogens (tertiary/aromatic N) is 12. The summed E-state index contributed by atoms with van der Waals surface area (Å²) in [6.07, 6.45) is 15.8. The Kier molecular flexibility index (Phi) is 27.1. The summed E-state index contributed by atoms with van der Waals surface area (Å²) in [6.45, 7) is 41.1. The number of aromatic nitrogens is 9. The monoisotopic (exact) mass is 1550 g/mol. The first-order chi connectivity index (χ1) is 53.2. The number of aryl methyl sites for hydroxylation is 4. The summed E-state index contributed by atoms with van der Waals surface area (Å²) >= 11 is 0. The number of carbonyl (C=O) groups is 6. The van der Waals surface area contributed by atoms with E-state index in [0.29, 0.717) is 12.8 Å². The summed E-state index contributed by atoms with van der Waals surface area (Å²) in [4.78, 5) is 94.7. The van der Waals surface area contributed by atoms with Crippen molar-refractivity contribution in [1.29, 1.82) is 0 Å². The number of likely N-dealkylation sites (tertiary alicyclic amines) is 3. The average molecular weight is 1550 g/mol. The fraction of sp³-hybridized carbons (Fsp3) is 0.528. The molecule has 0 spiro atoms. The molecule has 3 aromatic carbocycles. The highest BCUT2D eigenvalue weighted by molar-refractivity contribution is 5.93. The number of aliphatic hydroxyl groups excluding tert-OH is 3. The molecule has 24 nitrogen and oxygen atoms in total. The summed E-state index contributed by atoms with van der Waals surface area (Å²) in [5, 5.41) is 48.9. The normalized spacial score (nSPS) is 19.4. The third kappa shape index (κ3) is 20.4. The van der Waals surface area contributed by atoms with Gasteiger partial charge in [-0.25, -0.2) is 9.97 Å². The van der Waals surface area contributed by atoms with Crippen molar-refractivity contribution in [1.82, 2.24) is 59.2 Å². The second-order valence-electron chi connectivity index (χ2n) is 35.5. The fourth-order valence-electron chi connectivity index (χ4n) is 15.4. The number of aliphatic hydroxyl groups is 3. The van der Waals surface area contributed by atoms with Gasteiger partial charge in [-0.2, -0.15) is 15.3 Å². The van der Waals surface area contributed by atoms with Gasteiger partial charge >= 0.3 is 0 Å². The smallest absolute Gasteiger partial charge is 0.248 e. The molecule has 3 fully saturated rings. The zero-order chi connectivity index (χ0) is 82.5. The minimum absolute atomic E-state index is 0.0276. The van der Waals surface area contributed by atoms with Crippen LogP contribution in [0.25, 0.3) is 33.8 Å². The van der Waals surface area contributed by atoms with Crippen molar-refractivity contribution in [2.24, 2.45) is 17.8 Å². The first-order valence-electron chi connectivity index (χ1n) is 39.9. The number of β-amino-alcohol motifs (C(OH)–C–C–N with tert-alkyl or cyclic N) is 3. The number of hydrogen-bond donors (Lipinski definition) is 3. The van der Waals surface area contributed by atoms with Gasteiger partial charge in [0.25, 0.3) is 0 Å². The third-order valence-corrected chi connectivity index (χ3v) is 22.4. The maximum atomic E-state index is 13.8. The molecule has 3 aliphatic rings. The lowest BCUT2D eigenvalue weighted by molar-refractivity contribution is -0.142. The standard InChI is InChI=1S/2C30H40N4O4.C29H38N4O4/c1-18(2)28(34-15-23(14-31-34)30(5,6)7)29(37)33-16-24(35)13-26(33)27(36)12-19(3)21-8-10-22(11-9-21)25-17-38-32-20(25)4;1-18(2)27(34-15-23(14-32-34)30(5,6)7)29(37)33-16-24(35)13-25(33)26(36)12-19(3)21-8-10-22(11-9-21)28-20(4)31-17-38-28;1-18(2)26(33-15-22(14-31-33)29(4,5)6)28(36)32-16-23(34)13-24(32)25(35)12-9-20-7-10-21(11-8-20)27-19(3)30-17-37-27/h8-11,14-15,17-19,24,26,28,35H,12-13,16H2,1-7H3;8-11,14-15,17-19,24-25,27,35H,12-13,16H2,1-7H3;7-8,10-11,14-15,17-18,23-24,26,34H,9,12-13,16H2,1-6H3. The van der Waals surface area contributed by atoms with E-state index in [2.05, 4.69) is 92.7 Å². The Morgan fingerprint density at radius 1 is 0.451 bits per heavy atom. The van der Waals surface area contributed by atoms with Gasteiger partial charge in [-0.1, -0.05) is 196 Å². The number of oxazole rings is 2.